The Hall–Kier alpha value is -1.94. The second kappa shape index (κ2) is 70.7. The van der Waals surface area contributed by atoms with Crippen LogP contribution >= 0.6 is 15.6 Å². The molecule has 0 amide bonds. The first-order chi connectivity index (χ1) is 47.4. The molecule has 0 bridgehead atoms. The summed E-state index contributed by atoms with van der Waals surface area (Å²) in [6.45, 7) is 9.67. The van der Waals surface area contributed by atoms with E-state index in [1.807, 2.05) is 0 Å². The molecule has 0 saturated carbocycles. The summed E-state index contributed by atoms with van der Waals surface area (Å²) in [6.07, 6.45) is 59.4. The highest BCUT2D eigenvalue weighted by Gasteiger charge is 2.30. The predicted octanol–water partition coefficient (Wildman–Crippen LogP) is 23.5. The fourth-order valence-electron chi connectivity index (χ4n) is 12.2. The normalized spacial score (nSPS) is 13.9. The van der Waals surface area contributed by atoms with Crippen LogP contribution in [-0.4, -0.2) is 96.7 Å². The van der Waals surface area contributed by atoms with Gasteiger partial charge in [-0.05, 0) is 37.5 Å². The van der Waals surface area contributed by atoms with Gasteiger partial charge in [-0.1, -0.05) is 363 Å². The zero-order chi connectivity index (χ0) is 72.1. The Bertz CT molecular complexity index is 1890. The monoisotopic (exact) mass is 1440 g/mol. The molecule has 17 nitrogen and oxygen atoms in total. The van der Waals surface area contributed by atoms with Gasteiger partial charge < -0.3 is 33.8 Å². The molecule has 0 saturated heterocycles. The molecule has 0 radical (unpaired) electrons. The summed E-state index contributed by atoms with van der Waals surface area (Å²) in [5.74, 6) is -0.522. The van der Waals surface area contributed by atoms with Crippen LogP contribution in [0.5, 0.6) is 0 Å². The SMILES string of the molecule is CCCCCCCCCCCCCCCCC(=O)O[C@H](COC(=O)CCCCCCCCCCCCC)COP(=O)(O)OC[C@H](O)COP(=O)(O)OC[C@@H](COC(=O)CCCCCCCCCCCCCCCC(C)C)OC(=O)CCCCCCCCCCCCCCCCC(C)C. The van der Waals surface area contributed by atoms with Crippen molar-refractivity contribution in [2.45, 2.75) is 432 Å². The van der Waals surface area contributed by atoms with Crippen molar-refractivity contribution in [3.63, 3.8) is 0 Å². The van der Waals surface area contributed by atoms with Gasteiger partial charge in [0.25, 0.3) is 0 Å². The fourth-order valence-corrected chi connectivity index (χ4v) is 13.8. The second-order valence-electron chi connectivity index (χ2n) is 29.4. The fraction of sp³-hybridized carbons (Fsp3) is 0.949. The van der Waals surface area contributed by atoms with Gasteiger partial charge in [0, 0.05) is 25.7 Å². The van der Waals surface area contributed by atoms with E-state index in [9.17, 15) is 43.2 Å². The van der Waals surface area contributed by atoms with Gasteiger partial charge >= 0.3 is 39.5 Å². The van der Waals surface area contributed by atoms with E-state index in [0.717, 1.165) is 102 Å². The van der Waals surface area contributed by atoms with Crippen molar-refractivity contribution in [2.24, 2.45) is 11.8 Å². The number of esters is 4. The first-order valence-corrected chi connectivity index (χ1v) is 44.0. The number of hydrogen-bond acceptors (Lipinski definition) is 15. The maximum absolute atomic E-state index is 13.1. The molecule has 0 aliphatic carbocycles. The third kappa shape index (κ3) is 72.4. The Morgan fingerprint density at radius 1 is 0.276 bits per heavy atom. The molecule has 0 aliphatic rings. The van der Waals surface area contributed by atoms with Gasteiger partial charge in [-0.3, -0.25) is 37.3 Å². The van der Waals surface area contributed by atoms with Crippen LogP contribution in [0.2, 0.25) is 0 Å². The van der Waals surface area contributed by atoms with Crippen molar-refractivity contribution < 1.29 is 80.2 Å². The summed E-state index contributed by atoms with van der Waals surface area (Å²) in [4.78, 5) is 73.0. The number of rotatable bonds is 78. The first-order valence-electron chi connectivity index (χ1n) is 41.0. The van der Waals surface area contributed by atoms with Crippen molar-refractivity contribution in [2.75, 3.05) is 39.6 Å². The molecular weight excluding hydrogens is 1280 g/mol. The smallest absolute Gasteiger partial charge is 0.462 e. The summed E-state index contributed by atoms with van der Waals surface area (Å²) >= 11 is 0. The molecule has 0 fully saturated rings. The van der Waals surface area contributed by atoms with Crippen molar-refractivity contribution in [3.05, 3.63) is 0 Å². The summed E-state index contributed by atoms with van der Waals surface area (Å²) in [6, 6.07) is 0. The molecule has 98 heavy (non-hydrogen) atoms. The Kier molecular flexibility index (Phi) is 69.3. The molecule has 0 rings (SSSR count). The van der Waals surface area contributed by atoms with E-state index in [4.69, 9.17) is 37.0 Å². The van der Waals surface area contributed by atoms with Crippen molar-refractivity contribution in [3.8, 4) is 0 Å². The van der Waals surface area contributed by atoms with Crippen LogP contribution < -0.4 is 0 Å². The lowest BCUT2D eigenvalue weighted by Gasteiger charge is -2.21. The minimum atomic E-state index is -4.96. The zero-order valence-corrected chi connectivity index (χ0v) is 65.9. The molecule has 0 spiro atoms. The number of ether oxygens (including phenoxy) is 4. The van der Waals surface area contributed by atoms with Gasteiger partial charge in [-0.25, -0.2) is 9.13 Å². The number of carbonyl (C=O) groups is 4. The highest BCUT2D eigenvalue weighted by Crippen LogP contribution is 2.45. The van der Waals surface area contributed by atoms with Crippen molar-refractivity contribution >= 4 is 39.5 Å². The van der Waals surface area contributed by atoms with Crippen LogP contribution in [0.1, 0.15) is 414 Å². The predicted molar refractivity (Wildman–Crippen MR) is 400 cm³/mol. The zero-order valence-electron chi connectivity index (χ0n) is 64.1. The quantitative estimate of drug-likeness (QED) is 0.0222. The lowest BCUT2D eigenvalue weighted by Crippen LogP contribution is -2.30. The average molecular weight is 1440 g/mol. The lowest BCUT2D eigenvalue weighted by molar-refractivity contribution is -0.161. The van der Waals surface area contributed by atoms with Crippen molar-refractivity contribution in [1.29, 1.82) is 0 Å². The van der Waals surface area contributed by atoms with E-state index in [2.05, 4.69) is 41.5 Å². The number of hydrogen-bond donors (Lipinski definition) is 3. The van der Waals surface area contributed by atoms with Crippen molar-refractivity contribution in [1.82, 2.24) is 0 Å². The number of unbranched alkanes of at least 4 members (excludes halogenated alkanes) is 48. The minimum absolute atomic E-state index is 0.108. The maximum atomic E-state index is 13.1. The lowest BCUT2D eigenvalue weighted by atomic mass is 10.0. The third-order valence-corrected chi connectivity index (χ3v) is 20.4. The highest BCUT2D eigenvalue weighted by atomic mass is 31.2. The van der Waals surface area contributed by atoms with Crippen LogP contribution in [-0.2, 0) is 65.4 Å². The maximum Gasteiger partial charge on any atom is 0.472 e. The molecule has 582 valence electrons. The first kappa shape index (κ1) is 96.1. The number of aliphatic hydroxyl groups is 1. The van der Waals surface area contributed by atoms with E-state index in [0.29, 0.717) is 25.7 Å². The minimum Gasteiger partial charge on any atom is -0.462 e. The largest absolute Gasteiger partial charge is 0.472 e. The molecule has 0 aromatic carbocycles. The molecule has 0 heterocycles. The Balaban J connectivity index is 5.26. The molecule has 0 aromatic rings. The molecule has 2 unspecified atom stereocenters. The third-order valence-electron chi connectivity index (χ3n) is 18.5. The Morgan fingerprint density at radius 2 is 0.469 bits per heavy atom. The van der Waals surface area contributed by atoms with Gasteiger partial charge in [-0.2, -0.15) is 0 Å². The van der Waals surface area contributed by atoms with Crippen LogP contribution in [0.25, 0.3) is 0 Å². The number of aliphatic hydroxyl groups excluding tert-OH is 1. The summed E-state index contributed by atoms with van der Waals surface area (Å²) in [5, 5.41) is 10.6. The summed E-state index contributed by atoms with van der Waals surface area (Å²) in [5.41, 5.74) is 0. The topological polar surface area (TPSA) is 237 Å². The van der Waals surface area contributed by atoms with Crippen LogP contribution in [0.15, 0.2) is 0 Å². The molecule has 19 heteroatoms. The van der Waals surface area contributed by atoms with Crippen LogP contribution in [0.3, 0.4) is 0 Å². The van der Waals surface area contributed by atoms with Crippen LogP contribution in [0, 0.1) is 11.8 Å². The Labute approximate surface area is 600 Å². The molecule has 5 atom stereocenters. The van der Waals surface area contributed by atoms with Gasteiger partial charge in [0.05, 0.1) is 26.4 Å². The van der Waals surface area contributed by atoms with Gasteiger partial charge in [-0.15, -0.1) is 0 Å². The summed E-state index contributed by atoms with van der Waals surface area (Å²) < 4.78 is 68.7. The van der Waals surface area contributed by atoms with Gasteiger partial charge in [0.15, 0.2) is 12.2 Å². The van der Waals surface area contributed by atoms with E-state index in [1.165, 1.54) is 231 Å². The average Bonchev–Trinajstić information content (AvgIpc) is 1.02. The highest BCUT2D eigenvalue weighted by molar-refractivity contribution is 7.47. The van der Waals surface area contributed by atoms with E-state index in [1.54, 1.807) is 0 Å². The van der Waals surface area contributed by atoms with Gasteiger partial charge in [0.1, 0.15) is 19.3 Å². The van der Waals surface area contributed by atoms with E-state index >= 15 is 0 Å². The molecule has 0 aliphatic heterocycles. The Morgan fingerprint density at radius 3 is 0.694 bits per heavy atom. The number of carbonyl (C=O) groups excluding carboxylic acids is 4. The van der Waals surface area contributed by atoms with E-state index < -0.39 is 97.5 Å². The van der Waals surface area contributed by atoms with E-state index in [-0.39, 0.29) is 25.7 Å². The second-order valence-corrected chi connectivity index (χ2v) is 32.3. The molecular formula is C79H154O17P2. The van der Waals surface area contributed by atoms with Crippen LogP contribution in [0.4, 0.5) is 0 Å². The molecule has 3 N–H and O–H groups in total. The van der Waals surface area contributed by atoms with Gasteiger partial charge in [0.2, 0.25) is 0 Å². The number of phosphoric acid groups is 2. The number of phosphoric ester groups is 2. The molecule has 0 aromatic heterocycles. The standard InChI is InChI=1S/C79H154O17P2/c1-7-9-11-13-15-17-19-20-26-33-39-45-51-57-63-78(83)95-74(67-89-76(81)61-55-49-43-37-29-18-16-14-12-10-8-2)69-93-97(85,86)91-65-73(80)66-92-98(87,88)94-70-75(68-90-77(82)62-56-50-44-38-32-28-23-25-31-36-42-48-54-60-72(5)6)96-79(84)64-58-52-46-40-34-27-22-21-24-30-35-41-47-53-59-71(3)4/h71-75,80H,7-70H2,1-6H3,(H,85,86)(H,87,88)/t73-,74+,75+/m0/s1. The summed E-state index contributed by atoms with van der Waals surface area (Å²) in [7, 11) is -9.92.